The predicted octanol–water partition coefficient (Wildman–Crippen LogP) is 7.21. The second kappa shape index (κ2) is 11.6. The number of carbonyl (C=O) groups excluding carboxylic acids is 1. The van der Waals surface area contributed by atoms with Crippen LogP contribution in [0.2, 0.25) is 5.02 Å². The largest absolute Gasteiger partial charge is 0.507 e. The van der Waals surface area contributed by atoms with Crippen molar-refractivity contribution in [3.63, 3.8) is 0 Å². The summed E-state index contributed by atoms with van der Waals surface area (Å²) in [4.78, 5) is 15.5. The van der Waals surface area contributed by atoms with Gasteiger partial charge >= 0.3 is 0 Å². The van der Waals surface area contributed by atoms with Crippen LogP contribution >= 0.6 is 11.6 Å². The van der Waals surface area contributed by atoms with Crippen molar-refractivity contribution in [1.29, 1.82) is 0 Å². The number of fused-ring (bicyclic) bond motifs is 1. The number of amides is 1. The maximum Gasteiger partial charge on any atom is 0.273 e. The number of aromatic nitrogens is 2. The number of hydrogen-bond donors (Lipinski definition) is 2. The minimum atomic E-state index is -0.580. The van der Waals surface area contributed by atoms with Gasteiger partial charge in [0.05, 0.1) is 19.8 Å². The second-order valence-corrected chi connectivity index (χ2v) is 10.3. The molecule has 9 heteroatoms. The molecule has 1 atom stereocenters. The molecule has 0 saturated carbocycles. The minimum absolute atomic E-state index is 0.00721. The Bertz CT molecular complexity index is 1540. The van der Waals surface area contributed by atoms with Gasteiger partial charge in [-0.15, -0.1) is 0 Å². The van der Waals surface area contributed by atoms with E-state index in [9.17, 15) is 14.3 Å². The average Bonchev–Trinajstić information content (AvgIpc) is 3.49. The van der Waals surface area contributed by atoms with E-state index < -0.39 is 6.04 Å². The lowest BCUT2D eigenvalue weighted by Crippen LogP contribution is -2.29. The molecule has 0 spiro atoms. The molecular weight excluding hydrogens is 533 g/mol. The summed E-state index contributed by atoms with van der Waals surface area (Å²) in [6, 6.07) is 14.3. The third-order valence-corrected chi connectivity index (χ3v) is 7.58. The first kappa shape index (κ1) is 27.5. The Morgan fingerprint density at radius 1 is 1.10 bits per heavy atom. The molecule has 0 aliphatic carbocycles. The summed E-state index contributed by atoms with van der Waals surface area (Å²) >= 11 is 6.42. The van der Waals surface area contributed by atoms with Crippen molar-refractivity contribution in [1.82, 2.24) is 15.1 Å². The molecule has 4 aromatic rings. The molecule has 2 heterocycles. The first-order chi connectivity index (χ1) is 19.3. The van der Waals surface area contributed by atoms with Gasteiger partial charge in [0.25, 0.3) is 5.91 Å². The molecule has 1 amide bonds. The molecule has 1 aromatic heterocycles. The number of aryl methyl sites for hydroxylation is 1. The Morgan fingerprint density at radius 2 is 1.88 bits per heavy atom. The summed E-state index contributed by atoms with van der Waals surface area (Å²) in [5.74, 6) is 0.554. The number of halogens is 2. The standard InChI is InChI=1S/C31H31ClFN3O4/c1-4-5-6-13-40-25-12-9-20(15-26(25)39-3)30-27-28(22-16-23(32)18(2)14-24(22)37)34-35-29(27)31(38)36(30)17-19-7-10-21(33)11-8-19/h7-12,14-16,30,37H,4-6,13,17H2,1-3H3,(H,34,35). The molecule has 0 radical (unpaired) electrons. The highest BCUT2D eigenvalue weighted by molar-refractivity contribution is 6.31. The van der Waals surface area contributed by atoms with Crippen LogP contribution in [0.25, 0.3) is 11.3 Å². The van der Waals surface area contributed by atoms with Crippen LogP contribution in [-0.2, 0) is 6.54 Å². The summed E-state index contributed by atoms with van der Waals surface area (Å²) in [5, 5.41) is 18.6. The zero-order chi connectivity index (χ0) is 28.4. The van der Waals surface area contributed by atoms with E-state index in [1.54, 1.807) is 43.2 Å². The number of benzene rings is 3. The summed E-state index contributed by atoms with van der Waals surface area (Å²) in [6.45, 7) is 4.74. The number of H-pyrrole nitrogens is 1. The lowest BCUT2D eigenvalue weighted by molar-refractivity contribution is 0.0730. The highest BCUT2D eigenvalue weighted by atomic mass is 35.5. The second-order valence-electron chi connectivity index (χ2n) is 9.91. The monoisotopic (exact) mass is 563 g/mol. The minimum Gasteiger partial charge on any atom is -0.507 e. The Balaban J connectivity index is 1.61. The van der Waals surface area contributed by atoms with E-state index in [0.29, 0.717) is 45.6 Å². The third-order valence-electron chi connectivity index (χ3n) is 7.17. The van der Waals surface area contributed by atoms with Crippen molar-refractivity contribution < 1.29 is 23.8 Å². The van der Waals surface area contributed by atoms with Gasteiger partial charge in [0.1, 0.15) is 23.0 Å². The van der Waals surface area contributed by atoms with E-state index in [2.05, 4.69) is 17.1 Å². The van der Waals surface area contributed by atoms with Crippen molar-refractivity contribution in [3.05, 3.63) is 93.4 Å². The summed E-state index contributed by atoms with van der Waals surface area (Å²) in [6.07, 6.45) is 3.11. The van der Waals surface area contributed by atoms with Gasteiger partial charge in [-0.2, -0.15) is 5.10 Å². The zero-order valence-electron chi connectivity index (χ0n) is 22.6. The average molecular weight is 564 g/mol. The van der Waals surface area contributed by atoms with Gasteiger partial charge in [0.15, 0.2) is 11.5 Å². The summed E-state index contributed by atoms with van der Waals surface area (Å²) in [5.41, 5.74) is 4.03. The number of phenolic OH excluding ortho intramolecular Hbond substituents is 1. The maximum atomic E-state index is 13.8. The van der Waals surface area contributed by atoms with Crippen LogP contribution in [0.15, 0.2) is 54.6 Å². The van der Waals surface area contributed by atoms with Crippen molar-refractivity contribution in [3.8, 4) is 28.5 Å². The predicted molar refractivity (Wildman–Crippen MR) is 152 cm³/mol. The number of carbonyl (C=O) groups is 1. The molecule has 2 N–H and O–H groups in total. The van der Waals surface area contributed by atoms with Crippen LogP contribution in [0.5, 0.6) is 17.2 Å². The lowest BCUT2D eigenvalue weighted by Gasteiger charge is -2.27. The SMILES string of the molecule is CCCCCOc1ccc(C2c3c(-c4cc(Cl)c(C)cc4O)n[nH]c3C(=O)N2Cc2ccc(F)cc2)cc1OC. The number of methoxy groups -OCH3 is 1. The van der Waals surface area contributed by atoms with Crippen LogP contribution in [0, 0.1) is 12.7 Å². The number of nitrogens with one attached hydrogen (secondary N) is 1. The number of rotatable bonds is 10. The van der Waals surface area contributed by atoms with Gasteiger partial charge in [-0.1, -0.05) is 49.6 Å². The van der Waals surface area contributed by atoms with Crippen molar-refractivity contribution in [2.45, 2.75) is 45.7 Å². The van der Waals surface area contributed by atoms with Crippen LogP contribution < -0.4 is 9.47 Å². The first-order valence-electron chi connectivity index (χ1n) is 13.3. The molecule has 0 fully saturated rings. The molecule has 7 nitrogen and oxygen atoms in total. The Labute approximate surface area is 237 Å². The highest BCUT2D eigenvalue weighted by Crippen LogP contribution is 2.47. The van der Waals surface area contributed by atoms with E-state index in [0.717, 1.165) is 36.0 Å². The van der Waals surface area contributed by atoms with Crippen LogP contribution in [-0.4, -0.2) is 39.8 Å². The van der Waals surface area contributed by atoms with E-state index in [-0.39, 0.29) is 24.0 Å². The number of hydrogen-bond acceptors (Lipinski definition) is 5. The van der Waals surface area contributed by atoms with Crippen LogP contribution in [0.1, 0.15) is 65.0 Å². The number of nitrogens with zero attached hydrogens (tertiary/aromatic N) is 2. The number of aromatic amines is 1. The molecule has 0 saturated heterocycles. The van der Waals surface area contributed by atoms with Crippen molar-refractivity contribution in [2.24, 2.45) is 0 Å². The molecule has 5 rings (SSSR count). The zero-order valence-corrected chi connectivity index (χ0v) is 23.4. The van der Waals surface area contributed by atoms with Crippen LogP contribution in [0.3, 0.4) is 0 Å². The smallest absolute Gasteiger partial charge is 0.273 e. The molecule has 1 unspecified atom stereocenters. The highest BCUT2D eigenvalue weighted by Gasteiger charge is 2.43. The quantitative estimate of drug-likeness (QED) is 0.199. The topological polar surface area (TPSA) is 87.7 Å². The Hall–Kier alpha value is -4.04. The number of ether oxygens (including phenoxy) is 2. The first-order valence-corrected chi connectivity index (χ1v) is 13.6. The van der Waals surface area contributed by atoms with E-state index in [1.165, 1.54) is 12.1 Å². The molecular formula is C31H31ClFN3O4. The summed E-state index contributed by atoms with van der Waals surface area (Å²) in [7, 11) is 1.58. The molecule has 0 bridgehead atoms. The third kappa shape index (κ3) is 5.23. The van der Waals surface area contributed by atoms with E-state index >= 15 is 0 Å². The van der Waals surface area contributed by atoms with Gasteiger partial charge in [-0.3, -0.25) is 9.89 Å². The number of unbranched alkanes of at least 4 members (excludes halogenated alkanes) is 2. The molecule has 3 aromatic carbocycles. The van der Waals surface area contributed by atoms with E-state index in [4.69, 9.17) is 21.1 Å². The fourth-order valence-corrected chi connectivity index (χ4v) is 5.23. The lowest BCUT2D eigenvalue weighted by atomic mass is 9.94. The van der Waals surface area contributed by atoms with Crippen molar-refractivity contribution >= 4 is 17.5 Å². The fraction of sp³-hybridized carbons (Fsp3) is 0.290. The van der Waals surface area contributed by atoms with Crippen molar-refractivity contribution in [2.75, 3.05) is 13.7 Å². The van der Waals surface area contributed by atoms with Gasteiger partial charge in [0.2, 0.25) is 0 Å². The molecule has 208 valence electrons. The normalized spacial score (nSPS) is 14.5. The van der Waals surface area contributed by atoms with Gasteiger partial charge in [-0.05, 0) is 66.4 Å². The number of phenols is 1. The van der Waals surface area contributed by atoms with E-state index in [1.807, 2.05) is 18.2 Å². The molecule has 40 heavy (non-hydrogen) atoms. The summed E-state index contributed by atoms with van der Waals surface area (Å²) < 4.78 is 25.3. The maximum absolute atomic E-state index is 13.8. The Morgan fingerprint density at radius 3 is 2.60 bits per heavy atom. The van der Waals surface area contributed by atoms with Gasteiger partial charge < -0.3 is 19.5 Å². The molecule has 1 aliphatic rings. The fourth-order valence-electron chi connectivity index (χ4n) is 5.06. The van der Waals surface area contributed by atoms with Crippen LogP contribution in [0.4, 0.5) is 4.39 Å². The Kier molecular flexibility index (Phi) is 7.98. The van der Waals surface area contributed by atoms with Gasteiger partial charge in [0, 0.05) is 22.7 Å². The number of aromatic hydroxyl groups is 1. The van der Waals surface area contributed by atoms with Gasteiger partial charge in [-0.25, -0.2) is 4.39 Å². The molecule has 1 aliphatic heterocycles.